The van der Waals surface area contributed by atoms with E-state index in [0.29, 0.717) is 37.5 Å². The predicted octanol–water partition coefficient (Wildman–Crippen LogP) is 2.76. The Morgan fingerprint density at radius 2 is 2.17 bits per heavy atom. The lowest BCUT2D eigenvalue weighted by Gasteiger charge is -2.42. The molecule has 1 fully saturated rings. The van der Waals surface area contributed by atoms with Crippen LogP contribution in [0.2, 0.25) is 0 Å². The molecule has 4 nitrogen and oxygen atoms in total. The minimum absolute atomic E-state index is 0.339. The van der Waals surface area contributed by atoms with E-state index in [4.69, 9.17) is 4.74 Å². The fourth-order valence-corrected chi connectivity index (χ4v) is 2.83. The van der Waals surface area contributed by atoms with Crippen molar-refractivity contribution in [1.29, 1.82) is 0 Å². The summed E-state index contributed by atoms with van der Waals surface area (Å²) in [5.41, 5.74) is -0.672. The molecule has 1 aliphatic rings. The Balaban J connectivity index is 1.71. The molecule has 1 N–H and O–H groups in total. The van der Waals surface area contributed by atoms with Crippen molar-refractivity contribution in [3.63, 3.8) is 0 Å². The van der Waals surface area contributed by atoms with E-state index in [1.54, 1.807) is 31.3 Å². The maximum Gasteiger partial charge on any atom is 0.146 e. The molecule has 0 saturated carbocycles. The van der Waals surface area contributed by atoms with Gasteiger partial charge in [-0.2, -0.15) is 0 Å². The summed E-state index contributed by atoms with van der Waals surface area (Å²) in [7, 11) is 0. The maximum absolute atomic E-state index is 13.8. The molecular formula is C18H20F2N2O2. The zero-order chi connectivity index (χ0) is 17.2. The fraction of sp³-hybridized carbons (Fsp3) is 0.389. The van der Waals surface area contributed by atoms with Gasteiger partial charge in [-0.15, -0.1) is 0 Å². The molecule has 1 aromatic heterocycles. The van der Waals surface area contributed by atoms with Crippen molar-refractivity contribution < 1.29 is 18.6 Å². The van der Waals surface area contributed by atoms with Crippen LogP contribution in [-0.2, 0) is 6.54 Å². The van der Waals surface area contributed by atoms with Gasteiger partial charge in [-0.25, -0.2) is 8.78 Å². The number of benzene rings is 1. The summed E-state index contributed by atoms with van der Waals surface area (Å²) < 4.78 is 32.9. The number of aliphatic hydroxyl groups is 1. The van der Waals surface area contributed by atoms with Crippen LogP contribution < -0.4 is 4.74 Å². The quantitative estimate of drug-likeness (QED) is 0.934. The van der Waals surface area contributed by atoms with Gasteiger partial charge in [-0.3, -0.25) is 9.88 Å². The maximum atomic E-state index is 13.8. The Kier molecular flexibility index (Phi) is 4.78. The number of aromatic nitrogens is 1. The Morgan fingerprint density at radius 1 is 1.33 bits per heavy atom. The zero-order valence-electron chi connectivity index (χ0n) is 13.5. The molecule has 2 heterocycles. The van der Waals surface area contributed by atoms with Crippen LogP contribution in [0.4, 0.5) is 8.78 Å². The standard InChI is InChI=1S/C18H20F2N2O2/c1-18(23)7-9-22(11-16-15(20)6-3-8-21-16)12-17(18)24-14-5-2-4-13(19)10-14/h2-6,8,10,17,23H,7,9,11-12H2,1H3/t17-,18-/m0/s1. The summed E-state index contributed by atoms with van der Waals surface area (Å²) in [6.45, 7) is 3.05. The number of pyridine rings is 1. The topological polar surface area (TPSA) is 45.6 Å². The number of piperidine rings is 1. The van der Waals surface area contributed by atoms with Gasteiger partial charge < -0.3 is 9.84 Å². The minimum Gasteiger partial charge on any atom is -0.486 e. The molecule has 1 aromatic carbocycles. The van der Waals surface area contributed by atoms with E-state index in [1.807, 2.05) is 4.90 Å². The van der Waals surface area contributed by atoms with Crippen LogP contribution in [0.15, 0.2) is 42.6 Å². The molecule has 0 unspecified atom stereocenters. The third-order valence-corrected chi connectivity index (χ3v) is 4.33. The second-order valence-corrected chi connectivity index (χ2v) is 6.34. The molecule has 3 rings (SSSR count). The highest BCUT2D eigenvalue weighted by atomic mass is 19.1. The first kappa shape index (κ1) is 16.8. The van der Waals surface area contributed by atoms with E-state index in [0.717, 1.165) is 0 Å². The second-order valence-electron chi connectivity index (χ2n) is 6.34. The van der Waals surface area contributed by atoms with E-state index in [1.165, 1.54) is 18.2 Å². The first-order valence-corrected chi connectivity index (χ1v) is 7.90. The summed E-state index contributed by atoms with van der Waals surface area (Å²) in [6, 6.07) is 8.76. The van der Waals surface area contributed by atoms with Crippen LogP contribution in [0, 0.1) is 11.6 Å². The summed E-state index contributed by atoms with van der Waals surface area (Å²) in [4.78, 5) is 6.04. The van der Waals surface area contributed by atoms with E-state index in [-0.39, 0.29) is 5.82 Å². The minimum atomic E-state index is -1.04. The van der Waals surface area contributed by atoms with Gasteiger partial charge in [0, 0.05) is 31.9 Å². The van der Waals surface area contributed by atoms with Crippen molar-refractivity contribution in [2.24, 2.45) is 0 Å². The van der Waals surface area contributed by atoms with Gasteiger partial charge in [0.1, 0.15) is 29.1 Å². The molecule has 1 saturated heterocycles. The normalized spacial score (nSPS) is 24.8. The average molecular weight is 334 g/mol. The molecule has 24 heavy (non-hydrogen) atoms. The summed E-state index contributed by atoms with van der Waals surface area (Å²) in [5, 5.41) is 10.6. The number of nitrogens with zero attached hydrogens (tertiary/aromatic N) is 2. The molecule has 0 aliphatic carbocycles. The predicted molar refractivity (Wildman–Crippen MR) is 85.5 cm³/mol. The van der Waals surface area contributed by atoms with Crippen LogP contribution in [0.5, 0.6) is 5.75 Å². The highest BCUT2D eigenvalue weighted by Crippen LogP contribution is 2.27. The molecule has 0 spiro atoms. The van der Waals surface area contributed by atoms with Gasteiger partial charge in [0.05, 0.1) is 5.69 Å². The van der Waals surface area contributed by atoms with Crippen LogP contribution in [0.1, 0.15) is 19.0 Å². The Morgan fingerprint density at radius 3 is 2.92 bits per heavy atom. The molecule has 2 aromatic rings. The highest BCUT2D eigenvalue weighted by Gasteiger charge is 2.39. The van der Waals surface area contributed by atoms with Crippen molar-refractivity contribution in [1.82, 2.24) is 9.88 Å². The van der Waals surface area contributed by atoms with Crippen LogP contribution in [-0.4, -0.2) is 39.8 Å². The van der Waals surface area contributed by atoms with E-state index >= 15 is 0 Å². The Labute approximate surface area is 139 Å². The number of hydrogen-bond acceptors (Lipinski definition) is 4. The fourth-order valence-electron chi connectivity index (χ4n) is 2.83. The van der Waals surface area contributed by atoms with E-state index in [9.17, 15) is 13.9 Å². The number of likely N-dealkylation sites (tertiary alicyclic amines) is 1. The van der Waals surface area contributed by atoms with Crippen molar-refractivity contribution >= 4 is 0 Å². The molecule has 2 atom stereocenters. The van der Waals surface area contributed by atoms with Gasteiger partial charge in [0.25, 0.3) is 0 Å². The first-order valence-electron chi connectivity index (χ1n) is 7.90. The van der Waals surface area contributed by atoms with Gasteiger partial charge in [-0.1, -0.05) is 6.07 Å². The third-order valence-electron chi connectivity index (χ3n) is 4.33. The number of hydrogen-bond donors (Lipinski definition) is 1. The first-order chi connectivity index (χ1) is 11.4. The molecule has 1 aliphatic heterocycles. The lowest BCUT2D eigenvalue weighted by atomic mass is 9.90. The SMILES string of the molecule is C[C@]1(O)CCN(Cc2ncccc2F)C[C@@H]1Oc1cccc(F)c1. The largest absolute Gasteiger partial charge is 0.486 e. The van der Waals surface area contributed by atoms with Gasteiger partial charge in [0.2, 0.25) is 0 Å². The van der Waals surface area contributed by atoms with Crippen molar-refractivity contribution in [2.75, 3.05) is 13.1 Å². The van der Waals surface area contributed by atoms with Crippen LogP contribution >= 0.6 is 0 Å². The van der Waals surface area contributed by atoms with Crippen molar-refractivity contribution in [3.8, 4) is 5.75 Å². The summed E-state index contributed by atoms with van der Waals surface area (Å²) in [5.74, 6) is -0.376. The molecule has 6 heteroatoms. The van der Waals surface area contributed by atoms with Crippen molar-refractivity contribution in [3.05, 3.63) is 59.9 Å². The monoisotopic (exact) mass is 334 g/mol. The third kappa shape index (κ3) is 3.88. The summed E-state index contributed by atoms with van der Waals surface area (Å²) >= 11 is 0. The Hall–Kier alpha value is -2.05. The molecule has 0 bridgehead atoms. The highest BCUT2D eigenvalue weighted by molar-refractivity contribution is 5.23. The number of ether oxygens (including phenoxy) is 1. The molecule has 128 valence electrons. The van der Waals surface area contributed by atoms with Crippen LogP contribution in [0.25, 0.3) is 0 Å². The number of rotatable bonds is 4. The smallest absolute Gasteiger partial charge is 0.146 e. The molecule has 0 radical (unpaired) electrons. The lowest BCUT2D eigenvalue weighted by Crippen LogP contribution is -2.56. The van der Waals surface area contributed by atoms with E-state index in [2.05, 4.69) is 4.98 Å². The number of halogens is 2. The average Bonchev–Trinajstić information content (AvgIpc) is 2.53. The zero-order valence-corrected chi connectivity index (χ0v) is 13.5. The second kappa shape index (κ2) is 6.83. The molecule has 0 amide bonds. The van der Waals surface area contributed by atoms with Crippen molar-refractivity contribution in [2.45, 2.75) is 31.6 Å². The summed E-state index contributed by atoms with van der Waals surface area (Å²) in [6.07, 6.45) is 1.49. The van der Waals surface area contributed by atoms with Crippen LogP contribution in [0.3, 0.4) is 0 Å². The van der Waals surface area contributed by atoms with Gasteiger partial charge in [0.15, 0.2) is 0 Å². The van der Waals surface area contributed by atoms with E-state index < -0.39 is 17.5 Å². The Bertz CT molecular complexity index is 709. The lowest BCUT2D eigenvalue weighted by molar-refractivity contribution is -0.0968. The van der Waals surface area contributed by atoms with Gasteiger partial charge in [-0.05, 0) is 37.6 Å². The molecular weight excluding hydrogens is 314 g/mol. The van der Waals surface area contributed by atoms with Gasteiger partial charge >= 0.3 is 0 Å².